The van der Waals surface area contributed by atoms with Gasteiger partial charge in [0.1, 0.15) is 6.54 Å². The van der Waals surface area contributed by atoms with E-state index in [4.69, 9.17) is 10.8 Å². The van der Waals surface area contributed by atoms with Gasteiger partial charge in [0, 0.05) is 5.69 Å². The van der Waals surface area contributed by atoms with Crippen LogP contribution in [-0.4, -0.2) is 32.2 Å². The van der Waals surface area contributed by atoms with Crippen LogP contribution in [0.2, 0.25) is 0 Å². The number of halogens is 3. The van der Waals surface area contributed by atoms with E-state index < -0.39 is 40.2 Å². The van der Waals surface area contributed by atoms with Crippen molar-refractivity contribution in [2.75, 3.05) is 17.0 Å². The number of nitrogens with one attached hydrogen (secondary N) is 2. The van der Waals surface area contributed by atoms with Crippen LogP contribution in [-0.2, 0) is 10.2 Å². The molecule has 0 saturated heterocycles. The molecule has 20 heavy (non-hydrogen) atoms. The van der Waals surface area contributed by atoms with E-state index in [0.29, 0.717) is 0 Å². The molecule has 5 N–H and O–H groups in total. The Bertz CT molecular complexity index is 615. The third kappa shape index (κ3) is 4.93. The lowest BCUT2D eigenvalue weighted by Gasteiger charge is -2.13. The van der Waals surface area contributed by atoms with Crippen LogP contribution in [0.25, 0.3) is 0 Å². The highest BCUT2D eigenvalue weighted by atomic mass is 32.2. The fourth-order valence-corrected chi connectivity index (χ4v) is 2.08. The molecule has 0 bridgehead atoms. The van der Waals surface area contributed by atoms with Gasteiger partial charge in [0.2, 0.25) is 0 Å². The second-order valence-corrected chi connectivity index (χ2v) is 5.15. The number of alkyl halides is 3. The molecule has 0 spiro atoms. The van der Waals surface area contributed by atoms with Gasteiger partial charge in [0.15, 0.2) is 0 Å². The number of rotatable bonds is 5. The monoisotopic (exact) mass is 313 g/mol. The average Bonchev–Trinajstić information content (AvgIpc) is 2.28. The first-order chi connectivity index (χ1) is 9.00. The van der Waals surface area contributed by atoms with Gasteiger partial charge in [-0.2, -0.15) is 26.3 Å². The maximum Gasteiger partial charge on any atom is 0.402 e. The Labute approximate surface area is 111 Å². The van der Waals surface area contributed by atoms with E-state index in [2.05, 4.69) is 0 Å². The van der Waals surface area contributed by atoms with Crippen molar-refractivity contribution in [1.29, 1.82) is 0 Å². The second-order valence-electron chi connectivity index (χ2n) is 3.65. The molecule has 0 aromatic heterocycles. The zero-order valence-electron chi connectivity index (χ0n) is 9.73. The highest BCUT2D eigenvalue weighted by Gasteiger charge is 2.29. The lowest BCUT2D eigenvalue weighted by Crippen LogP contribution is -2.37. The van der Waals surface area contributed by atoms with Gasteiger partial charge >= 0.3 is 12.1 Å². The molecule has 0 unspecified atom stereocenters. The lowest BCUT2D eigenvalue weighted by atomic mass is 10.1. The molecule has 0 atom stereocenters. The van der Waals surface area contributed by atoms with Crippen molar-refractivity contribution >= 4 is 27.6 Å². The maximum absolute atomic E-state index is 11.9. The quantitative estimate of drug-likeness (QED) is 0.598. The maximum atomic E-state index is 11.9. The van der Waals surface area contributed by atoms with E-state index in [-0.39, 0.29) is 5.69 Å². The van der Waals surface area contributed by atoms with Crippen LogP contribution >= 0.6 is 0 Å². The van der Waals surface area contributed by atoms with Gasteiger partial charge in [-0.05, 0) is 18.2 Å². The lowest BCUT2D eigenvalue weighted by molar-refractivity contribution is -0.121. The van der Waals surface area contributed by atoms with Crippen molar-refractivity contribution in [2.45, 2.75) is 6.18 Å². The van der Waals surface area contributed by atoms with Crippen molar-refractivity contribution in [1.82, 2.24) is 4.72 Å². The zero-order valence-corrected chi connectivity index (χ0v) is 10.5. The highest BCUT2D eigenvalue weighted by Crippen LogP contribution is 2.20. The predicted molar refractivity (Wildman–Crippen MR) is 64.4 cm³/mol. The first-order valence-corrected chi connectivity index (χ1v) is 6.45. The molecule has 1 aromatic rings. The number of aromatic carboxylic acids is 1. The minimum Gasteiger partial charge on any atom is -0.478 e. The Kier molecular flexibility index (Phi) is 4.45. The van der Waals surface area contributed by atoms with Gasteiger partial charge in [-0.1, -0.05) is 0 Å². The SMILES string of the molecule is Nc1ccc(NS(=O)(=O)NCC(F)(F)F)c(C(=O)O)c1. The summed E-state index contributed by atoms with van der Waals surface area (Å²) < 4.78 is 61.4. The number of hydrogen-bond acceptors (Lipinski definition) is 4. The van der Waals surface area contributed by atoms with E-state index in [1.807, 2.05) is 0 Å². The number of hydrogen-bond donors (Lipinski definition) is 4. The van der Waals surface area contributed by atoms with Crippen molar-refractivity contribution in [3.8, 4) is 0 Å². The van der Waals surface area contributed by atoms with Crippen molar-refractivity contribution in [3.63, 3.8) is 0 Å². The largest absolute Gasteiger partial charge is 0.478 e. The summed E-state index contributed by atoms with van der Waals surface area (Å²) in [6.07, 6.45) is -4.73. The molecule has 1 rings (SSSR count). The molecule has 0 saturated carbocycles. The Hall–Kier alpha value is -2.01. The highest BCUT2D eigenvalue weighted by molar-refractivity contribution is 7.90. The van der Waals surface area contributed by atoms with Crippen molar-refractivity contribution in [2.24, 2.45) is 0 Å². The molecule has 0 radical (unpaired) electrons. The van der Waals surface area contributed by atoms with Crippen LogP contribution in [0.4, 0.5) is 24.5 Å². The number of anilines is 2. The standard InChI is InChI=1S/C9H10F3N3O4S/c10-9(11,12)4-14-20(18,19)15-7-2-1-5(13)3-6(7)8(16)17/h1-3,14-15H,4,13H2,(H,16,17). The number of carboxylic acid groups (broad SMARTS) is 1. The average molecular weight is 313 g/mol. The molecule has 112 valence electrons. The first-order valence-electron chi connectivity index (χ1n) is 4.97. The molecule has 11 heteroatoms. The summed E-state index contributed by atoms with van der Waals surface area (Å²) in [5.41, 5.74) is 4.52. The van der Waals surface area contributed by atoms with Gasteiger partial charge in [-0.25, -0.2) is 4.79 Å². The molecular weight excluding hydrogens is 303 g/mol. The minimum atomic E-state index is -4.73. The van der Waals surface area contributed by atoms with Gasteiger partial charge < -0.3 is 10.8 Å². The number of benzene rings is 1. The Morgan fingerprint density at radius 3 is 2.45 bits per heavy atom. The molecule has 0 aliphatic rings. The summed E-state index contributed by atoms with van der Waals surface area (Å²) in [5, 5.41) is 8.86. The molecule has 0 aliphatic carbocycles. The van der Waals surface area contributed by atoms with Crippen LogP contribution in [0.15, 0.2) is 18.2 Å². The van der Waals surface area contributed by atoms with E-state index in [0.717, 1.165) is 12.1 Å². The topological polar surface area (TPSA) is 122 Å². The molecule has 0 fully saturated rings. The molecule has 0 heterocycles. The van der Waals surface area contributed by atoms with E-state index in [9.17, 15) is 26.4 Å². The first kappa shape index (κ1) is 16.0. The van der Waals surface area contributed by atoms with Gasteiger partial charge in [-0.3, -0.25) is 4.72 Å². The molecular formula is C9H10F3N3O4S. The van der Waals surface area contributed by atoms with Crippen LogP contribution in [0.1, 0.15) is 10.4 Å². The molecule has 1 aromatic carbocycles. The third-order valence-corrected chi connectivity index (χ3v) is 2.99. The minimum absolute atomic E-state index is 0.0635. The van der Waals surface area contributed by atoms with Gasteiger partial charge in [0.25, 0.3) is 10.2 Å². The Balaban J connectivity index is 2.95. The summed E-state index contributed by atoms with van der Waals surface area (Å²) in [6.45, 7) is -1.78. The molecule has 0 amide bonds. The van der Waals surface area contributed by atoms with Crippen molar-refractivity contribution in [3.05, 3.63) is 23.8 Å². The van der Waals surface area contributed by atoms with E-state index in [1.165, 1.54) is 10.8 Å². The van der Waals surface area contributed by atoms with Crippen LogP contribution in [0, 0.1) is 0 Å². The normalized spacial score (nSPS) is 12.2. The number of nitrogen functional groups attached to an aromatic ring is 1. The fourth-order valence-electron chi connectivity index (χ4n) is 1.19. The van der Waals surface area contributed by atoms with Crippen molar-refractivity contribution < 1.29 is 31.5 Å². The smallest absolute Gasteiger partial charge is 0.402 e. The van der Waals surface area contributed by atoms with Gasteiger partial charge in [-0.15, -0.1) is 0 Å². The van der Waals surface area contributed by atoms with E-state index in [1.54, 1.807) is 4.72 Å². The zero-order chi connectivity index (χ0) is 15.6. The predicted octanol–water partition coefficient (Wildman–Crippen LogP) is 0.776. The Morgan fingerprint density at radius 1 is 1.35 bits per heavy atom. The van der Waals surface area contributed by atoms with Crippen LogP contribution in [0.3, 0.4) is 0 Å². The van der Waals surface area contributed by atoms with Gasteiger partial charge in [0.05, 0.1) is 11.3 Å². The fraction of sp³-hybridized carbons (Fsp3) is 0.222. The third-order valence-electron chi connectivity index (χ3n) is 1.98. The summed E-state index contributed by atoms with van der Waals surface area (Å²) in [6, 6.07) is 3.21. The molecule has 0 aliphatic heterocycles. The summed E-state index contributed by atoms with van der Waals surface area (Å²) in [5.74, 6) is -1.48. The molecule has 7 nitrogen and oxygen atoms in total. The number of carboxylic acids is 1. The van der Waals surface area contributed by atoms with Crippen LogP contribution < -0.4 is 15.2 Å². The van der Waals surface area contributed by atoms with Crippen LogP contribution in [0.5, 0.6) is 0 Å². The summed E-state index contributed by atoms with van der Waals surface area (Å²) in [7, 11) is -4.56. The summed E-state index contributed by atoms with van der Waals surface area (Å²) in [4.78, 5) is 10.9. The number of carbonyl (C=O) groups is 1. The summed E-state index contributed by atoms with van der Waals surface area (Å²) >= 11 is 0. The second kappa shape index (κ2) is 5.54. The number of nitrogens with two attached hydrogens (primary N) is 1. The Morgan fingerprint density at radius 2 is 1.95 bits per heavy atom. The van der Waals surface area contributed by atoms with E-state index >= 15 is 0 Å².